The zero-order valence-corrected chi connectivity index (χ0v) is 8.80. The van der Waals surface area contributed by atoms with Crippen molar-refractivity contribution in [2.75, 3.05) is 12.0 Å². The molecular weight excluding hydrogens is 190 g/mol. The van der Waals surface area contributed by atoms with Crippen LogP contribution in [0.1, 0.15) is 21.1 Å². The van der Waals surface area contributed by atoms with Crippen LogP contribution in [0.2, 0.25) is 0 Å². The molecule has 12 heavy (non-hydrogen) atoms. The van der Waals surface area contributed by atoms with Crippen molar-refractivity contribution < 1.29 is 4.79 Å². The lowest BCUT2D eigenvalue weighted by atomic mass is 10.3. The number of ketones is 1. The van der Waals surface area contributed by atoms with Crippen molar-refractivity contribution in [3.63, 3.8) is 0 Å². The Morgan fingerprint density at radius 3 is 3.00 bits per heavy atom. The van der Waals surface area contributed by atoms with Crippen LogP contribution >= 0.6 is 23.1 Å². The number of thiazole rings is 1. The lowest BCUT2D eigenvalue weighted by Gasteiger charge is -1.93. The second kappa shape index (κ2) is 4.62. The molecule has 0 unspecified atom stereocenters. The van der Waals surface area contributed by atoms with Gasteiger partial charge in [0.15, 0.2) is 5.78 Å². The fourth-order valence-corrected chi connectivity index (χ4v) is 1.94. The summed E-state index contributed by atoms with van der Waals surface area (Å²) in [6.07, 6.45) is 4.30. The van der Waals surface area contributed by atoms with Crippen LogP contribution in [0.3, 0.4) is 0 Å². The van der Waals surface area contributed by atoms with Gasteiger partial charge >= 0.3 is 0 Å². The average Bonchev–Trinajstić information content (AvgIpc) is 2.47. The molecule has 0 amide bonds. The molecule has 0 aromatic carbocycles. The Morgan fingerprint density at radius 2 is 2.50 bits per heavy atom. The third-order valence-electron chi connectivity index (χ3n) is 1.43. The maximum absolute atomic E-state index is 11.4. The summed E-state index contributed by atoms with van der Waals surface area (Å²) < 4.78 is 0. The number of aromatic nitrogens is 1. The van der Waals surface area contributed by atoms with Crippen LogP contribution in [0.15, 0.2) is 6.20 Å². The first-order valence-corrected chi connectivity index (χ1v) is 5.89. The molecule has 0 aliphatic rings. The molecule has 4 heteroatoms. The van der Waals surface area contributed by atoms with Gasteiger partial charge in [0.2, 0.25) is 0 Å². The Kier molecular flexibility index (Phi) is 3.75. The lowest BCUT2D eigenvalue weighted by Crippen LogP contribution is -1.96. The van der Waals surface area contributed by atoms with E-state index < -0.39 is 0 Å². The quantitative estimate of drug-likeness (QED) is 0.701. The number of hydrogen-bond acceptors (Lipinski definition) is 4. The fourth-order valence-electron chi connectivity index (χ4n) is 0.808. The highest BCUT2D eigenvalue weighted by Crippen LogP contribution is 2.14. The van der Waals surface area contributed by atoms with Crippen molar-refractivity contribution >= 4 is 28.9 Å². The molecule has 0 bridgehead atoms. The zero-order valence-electron chi connectivity index (χ0n) is 7.16. The van der Waals surface area contributed by atoms with Crippen molar-refractivity contribution in [2.45, 2.75) is 13.3 Å². The highest BCUT2D eigenvalue weighted by molar-refractivity contribution is 7.98. The molecule has 0 saturated heterocycles. The van der Waals surface area contributed by atoms with E-state index in [1.165, 1.54) is 11.3 Å². The number of hydrogen-bond donors (Lipinski definition) is 0. The second-order valence-electron chi connectivity index (χ2n) is 2.41. The number of aryl methyl sites for hydroxylation is 1. The SMILES string of the molecule is CSCCC(=O)c1cnc(C)s1. The van der Waals surface area contributed by atoms with Crippen molar-refractivity contribution in [1.82, 2.24) is 4.98 Å². The maximum atomic E-state index is 11.4. The predicted octanol–water partition coefficient (Wildman–Crippen LogP) is 2.39. The fraction of sp³-hybridized carbons (Fsp3) is 0.500. The Labute approximate surface area is 80.4 Å². The van der Waals surface area contributed by atoms with Gasteiger partial charge in [0.1, 0.15) is 0 Å². The van der Waals surface area contributed by atoms with E-state index >= 15 is 0 Å². The van der Waals surface area contributed by atoms with E-state index in [0.717, 1.165) is 15.6 Å². The summed E-state index contributed by atoms with van der Waals surface area (Å²) in [6.45, 7) is 1.91. The monoisotopic (exact) mass is 201 g/mol. The molecule has 0 saturated carbocycles. The van der Waals surface area contributed by atoms with Gasteiger partial charge in [0.05, 0.1) is 9.88 Å². The summed E-state index contributed by atoms with van der Waals surface area (Å²) in [7, 11) is 0. The number of nitrogens with zero attached hydrogens (tertiary/aromatic N) is 1. The number of carbonyl (C=O) groups is 1. The number of Topliss-reactive ketones (excluding diaryl/α,β-unsaturated/α-hetero) is 1. The first-order chi connectivity index (χ1) is 5.74. The second-order valence-corrected chi connectivity index (χ2v) is 4.63. The molecule has 1 heterocycles. The van der Waals surface area contributed by atoms with Crippen molar-refractivity contribution in [1.29, 1.82) is 0 Å². The van der Waals surface area contributed by atoms with Crippen molar-refractivity contribution in [3.8, 4) is 0 Å². The molecule has 0 fully saturated rings. The first-order valence-electron chi connectivity index (χ1n) is 3.68. The van der Waals surface area contributed by atoms with Crippen LogP contribution in [0.4, 0.5) is 0 Å². The minimum Gasteiger partial charge on any atom is -0.293 e. The van der Waals surface area contributed by atoms with E-state index in [-0.39, 0.29) is 5.78 Å². The van der Waals surface area contributed by atoms with E-state index in [1.54, 1.807) is 18.0 Å². The van der Waals surface area contributed by atoms with Crippen LogP contribution in [0.5, 0.6) is 0 Å². The summed E-state index contributed by atoms with van der Waals surface area (Å²) in [5.74, 6) is 1.12. The molecule has 0 spiro atoms. The van der Waals surface area contributed by atoms with Gasteiger partial charge in [0.25, 0.3) is 0 Å². The molecular formula is C8H11NOS2. The van der Waals surface area contributed by atoms with E-state index in [4.69, 9.17) is 0 Å². The summed E-state index contributed by atoms with van der Waals surface area (Å²) >= 11 is 3.17. The Balaban J connectivity index is 2.53. The average molecular weight is 201 g/mol. The Hall–Kier alpha value is -0.350. The summed E-state index contributed by atoms with van der Waals surface area (Å²) in [4.78, 5) is 16.2. The molecule has 0 N–H and O–H groups in total. The van der Waals surface area contributed by atoms with Gasteiger partial charge in [-0.05, 0) is 13.2 Å². The summed E-state index contributed by atoms with van der Waals surface area (Å²) in [6, 6.07) is 0. The zero-order chi connectivity index (χ0) is 8.97. The van der Waals surface area contributed by atoms with E-state index in [0.29, 0.717) is 6.42 Å². The molecule has 0 radical (unpaired) electrons. The molecule has 2 nitrogen and oxygen atoms in total. The molecule has 1 aromatic rings. The van der Waals surface area contributed by atoms with Crippen molar-refractivity contribution in [3.05, 3.63) is 16.1 Å². The Morgan fingerprint density at radius 1 is 1.75 bits per heavy atom. The summed E-state index contributed by atoms with van der Waals surface area (Å²) in [5.41, 5.74) is 0. The Bertz CT molecular complexity index is 270. The largest absolute Gasteiger partial charge is 0.293 e. The topological polar surface area (TPSA) is 30.0 Å². The van der Waals surface area contributed by atoms with Crippen molar-refractivity contribution in [2.24, 2.45) is 0 Å². The van der Waals surface area contributed by atoms with Gasteiger partial charge in [-0.25, -0.2) is 4.98 Å². The predicted molar refractivity (Wildman–Crippen MR) is 54.2 cm³/mol. The third-order valence-corrected chi connectivity index (χ3v) is 3.00. The van der Waals surface area contributed by atoms with Gasteiger partial charge in [-0.2, -0.15) is 11.8 Å². The standard InChI is InChI=1S/C8H11NOS2/c1-6-9-5-8(12-6)7(10)3-4-11-2/h5H,3-4H2,1-2H3. The molecule has 1 aromatic heterocycles. The lowest BCUT2D eigenvalue weighted by molar-refractivity contribution is 0.0993. The number of rotatable bonds is 4. The smallest absolute Gasteiger partial charge is 0.175 e. The van der Waals surface area contributed by atoms with E-state index in [2.05, 4.69) is 4.98 Å². The number of carbonyl (C=O) groups excluding carboxylic acids is 1. The number of thioether (sulfide) groups is 1. The highest BCUT2D eigenvalue weighted by atomic mass is 32.2. The molecule has 0 aliphatic heterocycles. The van der Waals surface area contributed by atoms with E-state index in [1.807, 2.05) is 13.2 Å². The first kappa shape index (κ1) is 9.74. The van der Waals surface area contributed by atoms with Gasteiger partial charge in [-0.1, -0.05) is 0 Å². The third kappa shape index (κ3) is 2.60. The van der Waals surface area contributed by atoms with Gasteiger partial charge in [0, 0.05) is 18.4 Å². The maximum Gasteiger partial charge on any atom is 0.175 e. The van der Waals surface area contributed by atoms with Crippen LogP contribution in [-0.2, 0) is 0 Å². The minimum absolute atomic E-state index is 0.218. The van der Waals surface area contributed by atoms with Crippen LogP contribution < -0.4 is 0 Å². The van der Waals surface area contributed by atoms with Crippen LogP contribution in [0.25, 0.3) is 0 Å². The molecule has 1 rings (SSSR count). The molecule has 66 valence electrons. The van der Waals surface area contributed by atoms with Crippen LogP contribution in [-0.4, -0.2) is 22.8 Å². The highest BCUT2D eigenvalue weighted by Gasteiger charge is 2.07. The van der Waals surface area contributed by atoms with Crippen LogP contribution in [0, 0.1) is 6.92 Å². The van der Waals surface area contributed by atoms with Gasteiger partial charge < -0.3 is 0 Å². The molecule has 0 atom stereocenters. The summed E-state index contributed by atoms with van der Waals surface area (Å²) in [5, 5.41) is 0.961. The van der Waals surface area contributed by atoms with E-state index in [9.17, 15) is 4.79 Å². The van der Waals surface area contributed by atoms with Gasteiger partial charge in [-0.15, -0.1) is 11.3 Å². The minimum atomic E-state index is 0.218. The van der Waals surface area contributed by atoms with Gasteiger partial charge in [-0.3, -0.25) is 4.79 Å². The molecule has 0 aliphatic carbocycles. The normalized spacial score (nSPS) is 10.2.